The lowest BCUT2D eigenvalue weighted by molar-refractivity contribution is -0.164. The highest BCUT2D eigenvalue weighted by atomic mass is 16.6. The number of carbonyl (C=O) groups is 3. The summed E-state index contributed by atoms with van der Waals surface area (Å²) in [6.07, 6.45) is 0.596. The average molecular weight is 313 g/mol. The lowest BCUT2D eigenvalue weighted by atomic mass is 10.0. The Morgan fingerprint density at radius 1 is 1.32 bits per heavy atom. The van der Waals surface area contributed by atoms with Crippen LogP contribution < -0.4 is 0 Å². The van der Waals surface area contributed by atoms with Gasteiger partial charge in [-0.25, -0.2) is 4.79 Å². The van der Waals surface area contributed by atoms with E-state index in [9.17, 15) is 14.4 Å². The Hall–Kier alpha value is -1.59. The standard InChI is InChI=1S/C16H27NO5/c1-10(2)7-12(15(20)22-16(3,4)5)17-9-11(8-13(17)18)14(19)21-6/h10-12H,7-9H2,1-6H3/t11?,12-/m0/s1. The molecule has 126 valence electrons. The molecule has 1 unspecified atom stereocenters. The first-order valence-corrected chi connectivity index (χ1v) is 7.65. The van der Waals surface area contributed by atoms with E-state index in [4.69, 9.17) is 9.47 Å². The van der Waals surface area contributed by atoms with Gasteiger partial charge in [-0.05, 0) is 33.1 Å². The average Bonchev–Trinajstić information content (AvgIpc) is 2.74. The van der Waals surface area contributed by atoms with E-state index in [0.29, 0.717) is 6.42 Å². The van der Waals surface area contributed by atoms with E-state index < -0.39 is 29.5 Å². The Bertz CT molecular complexity index is 438. The summed E-state index contributed by atoms with van der Waals surface area (Å²) >= 11 is 0. The number of rotatable bonds is 5. The van der Waals surface area contributed by atoms with Gasteiger partial charge in [0.25, 0.3) is 0 Å². The van der Waals surface area contributed by atoms with Gasteiger partial charge in [0, 0.05) is 13.0 Å². The van der Waals surface area contributed by atoms with Crippen LogP contribution in [0.5, 0.6) is 0 Å². The van der Waals surface area contributed by atoms with Gasteiger partial charge in [-0.3, -0.25) is 9.59 Å². The van der Waals surface area contributed by atoms with Gasteiger partial charge >= 0.3 is 11.9 Å². The largest absolute Gasteiger partial charge is 0.469 e. The van der Waals surface area contributed by atoms with Crippen molar-refractivity contribution in [1.82, 2.24) is 4.90 Å². The molecule has 0 aromatic rings. The molecule has 6 nitrogen and oxygen atoms in total. The van der Waals surface area contributed by atoms with E-state index in [-0.39, 0.29) is 24.8 Å². The fraction of sp³-hybridized carbons (Fsp3) is 0.812. The molecule has 1 saturated heterocycles. The van der Waals surface area contributed by atoms with Crippen LogP contribution >= 0.6 is 0 Å². The van der Waals surface area contributed by atoms with Crippen LogP contribution in [0.15, 0.2) is 0 Å². The van der Waals surface area contributed by atoms with Gasteiger partial charge in [-0.15, -0.1) is 0 Å². The molecular formula is C16H27NO5. The molecule has 1 aliphatic heterocycles. The first-order valence-electron chi connectivity index (χ1n) is 7.65. The third kappa shape index (κ3) is 5.00. The third-order valence-electron chi connectivity index (χ3n) is 3.44. The van der Waals surface area contributed by atoms with Crippen molar-refractivity contribution in [1.29, 1.82) is 0 Å². The Kier molecular flexibility index (Phi) is 5.97. The van der Waals surface area contributed by atoms with Crippen molar-refractivity contribution >= 4 is 17.8 Å². The van der Waals surface area contributed by atoms with Gasteiger partial charge < -0.3 is 14.4 Å². The van der Waals surface area contributed by atoms with Gasteiger partial charge in [-0.1, -0.05) is 13.8 Å². The molecule has 1 amide bonds. The lowest BCUT2D eigenvalue weighted by Crippen LogP contribution is -2.46. The monoisotopic (exact) mass is 313 g/mol. The molecule has 0 bridgehead atoms. The van der Waals surface area contributed by atoms with Crippen LogP contribution in [0.3, 0.4) is 0 Å². The van der Waals surface area contributed by atoms with Crippen molar-refractivity contribution in [3.05, 3.63) is 0 Å². The highest BCUT2D eigenvalue weighted by Crippen LogP contribution is 2.26. The molecule has 0 N–H and O–H groups in total. The molecule has 0 radical (unpaired) electrons. The number of methoxy groups -OCH3 is 1. The Morgan fingerprint density at radius 2 is 1.91 bits per heavy atom. The molecule has 1 heterocycles. The van der Waals surface area contributed by atoms with Crippen molar-refractivity contribution < 1.29 is 23.9 Å². The second-order valence-corrected chi connectivity index (χ2v) is 7.15. The van der Waals surface area contributed by atoms with Crippen LogP contribution in [0.1, 0.15) is 47.5 Å². The summed E-state index contributed by atoms with van der Waals surface area (Å²) < 4.78 is 10.1. The quantitative estimate of drug-likeness (QED) is 0.723. The maximum Gasteiger partial charge on any atom is 0.329 e. The highest BCUT2D eigenvalue weighted by molar-refractivity contribution is 5.90. The molecule has 1 aliphatic rings. The molecular weight excluding hydrogens is 286 g/mol. The minimum Gasteiger partial charge on any atom is -0.469 e. The number of amides is 1. The van der Waals surface area contributed by atoms with Gasteiger partial charge in [0.2, 0.25) is 5.91 Å². The van der Waals surface area contributed by atoms with Crippen molar-refractivity contribution in [2.75, 3.05) is 13.7 Å². The predicted molar refractivity (Wildman–Crippen MR) is 80.9 cm³/mol. The van der Waals surface area contributed by atoms with E-state index in [2.05, 4.69) is 0 Å². The summed E-state index contributed by atoms with van der Waals surface area (Å²) in [6.45, 7) is 9.55. The number of nitrogens with zero attached hydrogens (tertiary/aromatic N) is 1. The molecule has 0 aliphatic carbocycles. The Balaban J connectivity index is 2.90. The van der Waals surface area contributed by atoms with E-state index in [1.54, 1.807) is 20.8 Å². The maximum atomic E-state index is 12.4. The zero-order valence-corrected chi connectivity index (χ0v) is 14.3. The number of hydrogen-bond acceptors (Lipinski definition) is 5. The number of carbonyl (C=O) groups excluding carboxylic acids is 3. The topological polar surface area (TPSA) is 72.9 Å². The first-order chi connectivity index (χ1) is 10.0. The van der Waals surface area contributed by atoms with Gasteiger partial charge in [-0.2, -0.15) is 0 Å². The van der Waals surface area contributed by atoms with Crippen LogP contribution in [0.4, 0.5) is 0 Å². The predicted octanol–water partition coefficient (Wildman–Crippen LogP) is 1.76. The molecule has 1 rings (SSSR count). The summed E-state index contributed by atoms with van der Waals surface area (Å²) in [5.41, 5.74) is -0.614. The molecule has 6 heteroatoms. The van der Waals surface area contributed by atoms with Crippen molar-refractivity contribution in [2.24, 2.45) is 11.8 Å². The molecule has 0 spiro atoms. The van der Waals surface area contributed by atoms with Crippen LogP contribution in [0, 0.1) is 11.8 Å². The minimum atomic E-state index is -0.651. The summed E-state index contributed by atoms with van der Waals surface area (Å²) in [4.78, 5) is 37.7. The second kappa shape index (κ2) is 7.11. The summed E-state index contributed by atoms with van der Waals surface area (Å²) in [5, 5.41) is 0. The smallest absolute Gasteiger partial charge is 0.329 e. The number of esters is 2. The summed E-state index contributed by atoms with van der Waals surface area (Å²) in [7, 11) is 1.30. The fourth-order valence-corrected chi connectivity index (χ4v) is 2.52. The minimum absolute atomic E-state index is 0.0874. The summed E-state index contributed by atoms with van der Waals surface area (Å²) in [5.74, 6) is -1.31. The molecule has 22 heavy (non-hydrogen) atoms. The number of likely N-dealkylation sites (tertiary alicyclic amines) is 1. The lowest BCUT2D eigenvalue weighted by Gasteiger charge is -2.30. The molecule has 2 atom stereocenters. The molecule has 0 saturated carbocycles. The third-order valence-corrected chi connectivity index (χ3v) is 3.44. The zero-order chi connectivity index (χ0) is 17.1. The van der Waals surface area contributed by atoms with Crippen LogP contribution in [-0.4, -0.2) is 48.0 Å². The zero-order valence-electron chi connectivity index (χ0n) is 14.3. The SMILES string of the molecule is COC(=O)C1CC(=O)N([C@@H](CC(C)C)C(=O)OC(C)(C)C)C1. The van der Waals surface area contributed by atoms with Crippen LogP contribution in [0.2, 0.25) is 0 Å². The molecule has 1 fully saturated rings. The molecule has 0 aromatic heterocycles. The van der Waals surface area contributed by atoms with Crippen molar-refractivity contribution in [3.8, 4) is 0 Å². The Morgan fingerprint density at radius 3 is 2.36 bits per heavy atom. The number of ether oxygens (including phenoxy) is 2. The van der Waals surface area contributed by atoms with E-state index in [1.807, 2.05) is 13.8 Å². The molecule has 0 aromatic carbocycles. The van der Waals surface area contributed by atoms with Crippen molar-refractivity contribution in [2.45, 2.75) is 59.1 Å². The first kappa shape index (κ1) is 18.5. The van der Waals surface area contributed by atoms with Crippen LogP contribution in [0.25, 0.3) is 0 Å². The van der Waals surface area contributed by atoms with Crippen LogP contribution in [-0.2, 0) is 23.9 Å². The Labute approximate surface area is 132 Å². The maximum absolute atomic E-state index is 12.4. The van der Waals surface area contributed by atoms with Gasteiger partial charge in [0.1, 0.15) is 11.6 Å². The van der Waals surface area contributed by atoms with E-state index >= 15 is 0 Å². The summed E-state index contributed by atoms with van der Waals surface area (Å²) in [6, 6.07) is -0.651. The second-order valence-electron chi connectivity index (χ2n) is 7.15. The number of hydrogen-bond donors (Lipinski definition) is 0. The normalized spacial score (nSPS) is 20.2. The fourth-order valence-electron chi connectivity index (χ4n) is 2.52. The van der Waals surface area contributed by atoms with E-state index in [1.165, 1.54) is 12.0 Å². The van der Waals surface area contributed by atoms with E-state index in [0.717, 1.165) is 0 Å². The van der Waals surface area contributed by atoms with Gasteiger partial charge in [0.15, 0.2) is 0 Å². The van der Waals surface area contributed by atoms with Gasteiger partial charge in [0.05, 0.1) is 13.0 Å². The highest BCUT2D eigenvalue weighted by Gasteiger charge is 2.42. The van der Waals surface area contributed by atoms with Crippen molar-refractivity contribution in [3.63, 3.8) is 0 Å².